The summed E-state index contributed by atoms with van der Waals surface area (Å²) in [6, 6.07) is 14.7. The third-order valence-electron chi connectivity index (χ3n) is 3.49. The van der Waals surface area contributed by atoms with Gasteiger partial charge in [-0.3, -0.25) is 9.59 Å². The van der Waals surface area contributed by atoms with Crippen LogP contribution in [-0.4, -0.2) is 18.9 Å². The zero-order valence-corrected chi connectivity index (χ0v) is 13.8. The Kier molecular flexibility index (Phi) is 5.33. The maximum Gasteiger partial charge on any atom is 0.249 e. The molecule has 5 heteroatoms. The SMILES string of the molecule is CNC(=O)C(Cc1cccc(Br)c1)c1ccccc1C(N)=O. The fourth-order valence-electron chi connectivity index (χ4n) is 2.44. The minimum absolute atomic E-state index is 0.145. The molecule has 1 unspecified atom stereocenters. The average Bonchev–Trinajstić information content (AvgIpc) is 2.52. The summed E-state index contributed by atoms with van der Waals surface area (Å²) in [6.07, 6.45) is 0.489. The van der Waals surface area contributed by atoms with Gasteiger partial charge in [-0.1, -0.05) is 46.3 Å². The summed E-state index contributed by atoms with van der Waals surface area (Å²) in [7, 11) is 1.59. The van der Waals surface area contributed by atoms with Crippen molar-refractivity contribution in [1.29, 1.82) is 0 Å². The molecule has 0 spiro atoms. The molecule has 2 aromatic carbocycles. The predicted octanol–water partition coefficient (Wildman–Crippen LogP) is 2.62. The van der Waals surface area contributed by atoms with Crippen LogP contribution in [-0.2, 0) is 11.2 Å². The largest absolute Gasteiger partial charge is 0.366 e. The molecule has 0 radical (unpaired) electrons. The fraction of sp³-hybridized carbons (Fsp3) is 0.176. The van der Waals surface area contributed by atoms with Gasteiger partial charge in [0.1, 0.15) is 0 Å². The highest BCUT2D eigenvalue weighted by molar-refractivity contribution is 9.10. The van der Waals surface area contributed by atoms with Crippen LogP contribution in [0.3, 0.4) is 0 Å². The van der Waals surface area contributed by atoms with Crippen LogP contribution in [0.25, 0.3) is 0 Å². The van der Waals surface area contributed by atoms with Crippen molar-refractivity contribution in [3.05, 3.63) is 69.7 Å². The van der Waals surface area contributed by atoms with Gasteiger partial charge in [-0.05, 0) is 35.7 Å². The van der Waals surface area contributed by atoms with Crippen molar-refractivity contribution in [1.82, 2.24) is 5.32 Å². The van der Waals surface area contributed by atoms with E-state index in [1.807, 2.05) is 24.3 Å². The number of hydrogen-bond donors (Lipinski definition) is 2. The van der Waals surface area contributed by atoms with Crippen LogP contribution in [0.1, 0.15) is 27.4 Å². The van der Waals surface area contributed by atoms with E-state index in [-0.39, 0.29) is 5.91 Å². The molecule has 1 atom stereocenters. The lowest BCUT2D eigenvalue weighted by Crippen LogP contribution is -2.29. The predicted molar refractivity (Wildman–Crippen MR) is 89.6 cm³/mol. The molecule has 0 aliphatic carbocycles. The molecule has 2 aromatic rings. The number of rotatable bonds is 5. The van der Waals surface area contributed by atoms with Crippen molar-refractivity contribution in [2.45, 2.75) is 12.3 Å². The van der Waals surface area contributed by atoms with E-state index in [0.29, 0.717) is 17.5 Å². The first kappa shape index (κ1) is 16.2. The van der Waals surface area contributed by atoms with E-state index in [1.54, 1.807) is 31.3 Å². The van der Waals surface area contributed by atoms with Crippen LogP contribution in [0.2, 0.25) is 0 Å². The molecule has 0 heterocycles. The Morgan fingerprint density at radius 2 is 1.91 bits per heavy atom. The van der Waals surface area contributed by atoms with Crippen molar-refractivity contribution >= 4 is 27.7 Å². The number of benzene rings is 2. The second-order valence-corrected chi connectivity index (χ2v) is 5.87. The van der Waals surface area contributed by atoms with Gasteiger partial charge in [0.25, 0.3) is 0 Å². The van der Waals surface area contributed by atoms with Crippen molar-refractivity contribution in [2.75, 3.05) is 7.05 Å². The highest BCUT2D eigenvalue weighted by Gasteiger charge is 2.24. The molecule has 0 bridgehead atoms. The zero-order valence-electron chi connectivity index (χ0n) is 12.2. The molecule has 114 valence electrons. The molecule has 0 aliphatic heterocycles. The molecule has 22 heavy (non-hydrogen) atoms. The van der Waals surface area contributed by atoms with Crippen LogP contribution >= 0.6 is 15.9 Å². The first-order valence-corrected chi connectivity index (χ1v) is 7.67. The van der Waals surface area contributed by atoms with Gasteiger partial charge in [0.2, 0.25) is 11.8 Å². The van der Waals surface area contributed by atoms with Crippen molar-refractivity contribution < 1.29 is 9.59 Å². The minimum atomic E-state index is -0.529. The quantitative estimate of drug-likeness (QED) is 0.859. The Balaban J connectivity index is 2.43. The summed E-state index contributed by atoms with van der Waals surface area (Å²) < 4.78 is 0.948. The standard InChI is InChI=1S/C17H17BrN2O2/c1-20-17(22)15(10-11-5-4-6-12(18)9-11)13-7-2-3-8-14(13)16(19)21/h2-9,15H,10H2,1H3,(H2,19,21)(H,20,22). The van der Waals surface area contributed by atoms with Gasteiger partial charge < -0.3 is 11.1 Å². The lowest BCUT2D eigenvalue weighted by molar-refractivity contribution is -0.122. The summed E-state index contributed by atoms with van der Waals surface area (Å²) in [5, 5.41) is 2.66. The lowest BCUT2D eigenvalue weighted by Gasteiger charge is -2.18. The second kappa shape index (κ2) is 7.22. The molecule has 3 N–H and O–H groups in total. The van der Waals surface area contributed by atoms with E-state index in [2.05, 4.69) is 21.2 Å². The molecule has 0 aromatic heterocycles. The van der Waals surface area contributed by atoms with Gasteiger partial charge in [-0.2, -0.15) is 0 Å². The molecule has 0 aliphatic rings. The van der Waals surface area contributed by atoms with Gasteiger partial charge in [-0.15, -0.1) is 0 Å². The number of primary amides is 1. The third kappa shape index (κ3) is 3.74. The lowest BCUT2D eigenvalue weighted by atomic mass is 9.88. The Bertz CT molecular complexity index is 701. The van der Waals surface area contributed by atoms with Crippen LogP contribution in [0, 0.1) is 0 Å². The monoisotopic (exact) mass is 360 g/mol. The van der Waals surface area contributed by atoms with Gasteiger partial charge in [0.15, 0.2) is 0 Å². The average molecular weight is 361 g/mol. The molecular formula is C17H17BrN2O2. The smallest absolute Gasteiger partial charge is 0.249 e. The number of carbonyl (C=O) groups is 2. The highest BCUT2D eigenvalue weighted by Crippen LogP contribution is 2.25. The van der Waals surface area contributed by atoms with Gasteiger partial charge >= 0.3 is 0 Å². The number of halogens is 1. The van der Waals surface area contributed by atoms with Gasteiger partial charge in [0, 0.05) is 17.1 Å². The van der Waals surface area contributed by atoms with Crippen molar-refractivity contribution in [2.24, 2.45) is 5.73 Å². The Morgan fingerprint density at radius 1 is 1.18 bits per heavy atom. The molecule has 2 amide bonds. The van der Waals surface area contributed by atoms with E-state index >= 15 is 0 Å². The Labute approximate surface area is 137 Å². The van der Waals surface area contributed by atoms with Gasteiger partial charge in [-0.25, -0.2) is 0 Å². The van der Waals surface area contributed by atoms with Gasteiger partial charge in [0.05, 0.1) is 5.92 Å². The van der Waals surface area contributed by atoms with Crippen LogP contribution < -0.4 is 11.1 Å². The molecule has 0 fully saturated rings. The summed E-state index contributed by atoms with van der Waals surface area (Å²) in [4.78, 5) is 23.9. The van der Waals surface area contributed by atoms with Crippen molar-refractivity contribution in [3.63, 3.8) is 0 Å². The maximum atomic E-state index is 12.3. The van der Waals surface area contributed by atoms with E-state index in [0.717, 1.165) is 10.0 Å². The Hall–Kier alpha value is -2.14. The normalized spacial score (nSPS) is 11.7. The zero-order chi connectivity index (χ0) is 16.1. The third-order valence-corrected chi connectivity index (χ3v) is 3.99. The minimum Gasteiger partial charge on any atom is -0.366 e. The number of amides is 2. The summed E-state index contributed by atoms with van der Waals surface area (Å²) in [5.41, 5.74) is 7.46. The highest BCUT2D eigenvalue weighted by atomic mass is 79.9. The number of nitrogens with one attached hydrogen (secondary N) is 1. The second-order valence-electron chi connectivity index (χ2n) is 4.95. The molecule has 2 rings (SSSR count). The number of carbonyl (C=O) groups excluding carboxylic acids is 2. The van der Waals surface area contributed by atoms with Crippen LogP contribution in [0.5, 0.6) is 0 Å². The summed E-state index contributed by atoms with van der Waals surface area (Å²) in [6.45, 7) is 0. The van der Waals surface area contributed by atoms with Crippen molar-refractivity contribution in [3.8, 4) is 0 Å². The maximum absolute atomic E-state index is 12.3. The molecule has 0 saturated carbocycles. The molecule has 0 saturated heterocycles. The first-order chi connectivity index (χ1) is 10.5. The first-order valence-electron chi connectivity index (χ1n) is 6.87. The summed E-state index contributed by atoms with van der Waals surface area (Å²) >= 11 is 3.43. The molecule has 4 nitrogen and oxygen atoms in total. The topological polar surface area (TPSA) is 72.2 Å². The molecular weight excluding hydrogens is 344 g/mol. The number of nitrogens with two attached hydrogens (primary N) is 1. The van der Waals surface area contributed by atoms with E-state index in [9.17, 15) is 9.59 Å². The summed E-state index contributed by atoms with van der Waals surface area (Å²) in [5.74, 6) is -1.14. The van der Waals surface area contributed by atoms with Crippen LogP contribution in [0.15, 0.2) is 53.0 Å². The van der Waals surface area contributed by atoms with E-state index in [4.69, 9.17) is 5.73 Å². The number of hydrogen-bond acceptors (Lipinski definition) is 2. The van der Waals surface area contributed by atoms with E-state index < -0.39 is 11.8 Å². The number of likely N-dealkylation sites (N-methyl/N-ethyl adjacent to an activating group) is 1. The fourth-order valence-corrected chi connectivity index (χ4v) is 2.89. The van der Waals surface area contributed by atoms with E-state index in [1.165, 1.54) is 0 Å². The Morgan fingerprint density at radius 3 is 2.55 bits per heavy atom. The van der Waals surface area contributed by atoms with Crippen LogP contribution in [0.4, 0.5) is 0 Å².